The van der Waals surface area contributed by atoms with Gasteiger partial charge >= 0.3 is 6.61 Å². The van der Waals surface area contributed by atoms with Crippen LogP contribution in [-0.4, -0.2) is 23.7 Å². The largest absolute Gasteiger partial charge is 0.434 e. The molecule has 1 aromatic heterocycles. The van der Waals surface area contributed by atoms with Gasteiger partial charge < -0.3 is 4.74 Å². The zero-order valence-electron chi connectivity index (χ0n) is 13.8. The number of rotatable bonds is 6. The van der Waals surface area contributed by atoms with E-state index in [4.69, 9.17) is 0 Å². The highest BCUT2D eigenvalue weighted by Gasteiger charge is 2.12. The van der Waals surface area contributed by atoms with Crippen LogP contribution in [0.5, 0.6) is 5.75 Å². The highest BCUT2D eigenvalue weighted by molar-refractivity contribution is 7.09. The van der Waals surface area contributed by atoms with Crippen molar-refractivity contribution in [3.05, 3.63) is 58.0 Å². The maximum absolute atomic E-state index is 12.7. The molecule has 0 aliphatic carbocycles. The van der Waals surface area contributed by atoms with Crippen LogP contribution in [0.4, 0.5) is 8.78 Å². The van der Waals surface area contributed by atoms with Crippen LogP contribution < -0.4 is 10.2 Å². The molecule has 26 heavy (non-hydrogen) atoms. The lowest BCUT2D eigenvalue weighted by molar-refractivity contribution is -0.120. The molecule has 8 heteroatoms. The van der Waals surface area contributed by atoms with Crippen molar-refractivity contribution < 1.29 is 18.3 Å². The Hall–Kier alpha value is -2.87. The highest BCUT2D eigenvalue weighted by Crippen LogP contribution is 2.27. The number of benzene rings is 2. The Balaban J connectivity index is 1.79. The number of alkyl halides is 2. The van der Waals surface area contributed by atoms with Gasteiger partial charge in [0.2, 0.25) is 5.91 Å². The van der Waals surface area contributed by atoms with Crippen LogP contribution >= 0.6 is 11.3 Å². The number of amides is 1. The molecule has 0 radical (unpaired) electrons. The first-order chi connectivity index (χ1) is 12.5. The Labute approximate surface area is 152 Å². The third-order valence-corrected chi connectivity index (χ3v) is 4.36. The van der Waals surface area contributed by atoms with Crippen LogP contribution in [0.15, 0.2) is 46.9 Å². The van der Waals surface area contributed by atoms with E-state index in [0.29, 0.717) is 16.6 Å². The second-order valence-electron chi connectivity index (χ2n) is 5.40. The van der Waals surface area contributed by atoms with Crippen LogP contribution in [0.2, 0.25) is 0 Å². The lowest BCUT2D eigenvalue weighted by Crippen LogP contribution is -2.20. The molecule has 0 fully saturated rings. The minimum Gasteiger partial charge on any atom is -0.434 e. The van der Waals surface area contributed by atoms with Crippen LogP contribution in [0.1, 0.15) is 16.3 Å². The summed E-state index contributed by atoms with van der Waals surface area (Å²) in [5.74, 6) is -0.352. The molecule has 0 bridgehead atoms. The van der Waals surface area contributed by atoms with E-state index in [1.807, 2.05) is 19.1 Å². The molecule has 3 aromatic rings. The summed E-state index contributed by atoms with van der Waals surface area (Å²) in [7, 11) is 0. The third kappa shape index (κ3) is 4.40. The second-order valence-corrected chi connectivity index (χ2v) is 6.47. The lowest BCUT2D eigenvalue weighted by Gasteiger charge is -2.10. The molecule has 0 unspecified atom stereocenters. The topological polar surface area (TPSA) is 63.6 Å². The Morgan fingerprint density at radius 1 is 1.35 bits per heavy atom. The highest BCUT2D eigenvalue weighted by atomic mass is 32.1. The molecular formula is C18H15F2N3O2S. The molecule has 134 valence electrons. The third-order valence-electron chi connectivity index (χ3n) is 3.54. The van der Waals surface area contributed by atoms with E-state index in [2.05, 4.69) is 20.2 Å². The number of aromatic nitrogens is 1. The number of hydrazone groups is 1. The molecule has 1 amide bonds. The number of hydrogen-bond acceptors (Lipinski definition) is 5. The minimum atomic E-state index is -2.95. The Bertz CT molecular complexity index is 957. The number of fused-ring (bicyclic) bond motifs is 1. The summed E-state index contributed by atoms with van der Waals surface area (Å²) >= 11 is 1.46. The van der Waals surface area contributed by atoms with Gasteiger partial charge in [0, 0.05) is 10.9 Å². The Kier molecular flexibility index (Phi) is 5.52. The van der Waals surface area contributed by atoms with Crippen LogP contribution in [0, 0.1) is 6.92 Å². The summed E-state index contributed by atoms with van der Waals surface area (Å²) in [6.07, 6.45) is 1.40. The number of halogens is 2. The van der Waals surface area contributed by atoms with Crippen molar-refractivity contribution in [1.29, 1.82) is 0 Å². The Morgan fingerprint density at radius 3 is 2.88 bits per heavy atom. The molecule has 5 nitrogen and oxygen atoms in total. The molecule has 1 N–H and O–H groups in total. The summed E-state index contributed by atoms with van der Waals surface area (Å²) in [6, 6.07) is 10.4. The summed E-state index contributed by atoms with van der Waals surface area (Å²) in [6.45, 7) is -1.10. The van der Waals surface area contributed by atoms with E-state index in [1.165, 1.54) is 23.6 Å². The number of thiazole rings is 1. The van der Waals surface area contributed by atoms with E-state index < -0.39 is 6.61 Å². The normalized spacial score (nSPS) is 11.4. The van der Waals surface area contributed by atoms with Crippen molar-refractivity contribution in [2.24, 2.45) is 5.10 Å². The van der Waals surface area contributed by atoms with Crippen LogP contribution in [-0.2, 0) is 11.2 Å². The predicted octanol–water partition coefficient (Wildman–Crippen LogP) is 3.90. The van der Waals surface area contributed by atoms with E-state index in [-0.39, 0.29) is 18.1 Å². The molecule has 0 aliphatic rings. The summed E-state index contributed by atoms with van der Waals surface area (Å²) in [4.78, 5) is 16.1. The minimum absolute atomic E-state index is 0.00757. The predicted molar refractivity (Wildman–Crippen MR) is 96.9 cm³/mol. The maximum atomic E-state index is 12.7. The van der Waals surface area contributed by atoms with Crippen LogP contribution in [0.3, 0.4) is 0 Å². The number of ether oxygens (including phenoxy) is 1. The SMILES string of the molecule is Cc1nc(CC(=O)N/N=C\c2c(OC(F)F)ccc3ccccc23)cs1. The number of hydrogen-bond donors (Lipinski definition) is 1. The fraction of sp³-hybridized carbons (Fsp3) is 0.167. The van der Waals surface area contributed by atoms with Gasteiger partial charge in [0.05, 0.1) is 23.3 Å². The molecule has 0 atom stereocenters. The van der Waals surface area contributed by atoms with Gasteiger partial charge in [-0.2, -0.15) is 13.9 Å². The van der Waals surface area contributed by atoms with E-state index in [0.717, 1.165) is 10.4 Å². The second kappa shape index (κ2) is 8.01. The van der Waals surface area contributed by atoms with E-state index in [9.17, 15) is 13.6 Å². The summed E-state index contributed by atoms with van der Waals surface area (Å²) in [5.41, 5.74) is 3.41. The molecule has 0 saturated heterocycles. The van der Waals surface area contributed by atoms with Gasteiger partial charge in [-0.05, 0) is 23.8 Å². The smallest absolute Gasteiger partial charge is 0.387 e. The van der Waals surface area contributed by atoms with Crippen molar-refractivity contribution in [3.63, 3.8) is 0 Å². The number of carbonyl (C=O) groups is 1. The number of aryl methyl sites for hydroxylation is 1. The summed E-state index contributed by atoms with van der Waals surface area (Å²) in [5, 5.41) is 8.11. The zero-order chi connectivity index (χ0) is 18.5. The molecular weight excluding hydrogens is 360 g/mol. The van der Waals surface area contributed by atoms with Crippen molar-refractivity contribution >= 4 is 34.2 Å². The van der Waals surface area contributed by atoms with Gasteiger partial charge in [-0.3, -0.25) is 4.79 Å². The van der Waals surface area contributed by atoms with E-state index >= 15 is 0 Å². The number of carbonyl (C=O) groups excluding carboxylic acids is 1. The first kappa shape index (κ1) is 17.9. The van der Waals surface area contributed by atoms with Gasteiger partial charge in [-0.1, -0.05) is 30.3 Å². The quantitative estimate of drug-likeness (QED) is 0.525. The Morgan fingerprint density at radius 2 is 2.15 bits per heavy atom. The molecule has 0 spiro atoms. The average Bonchev–Trinajstić information content (AvgIpc) is 3.00. The van der Waals surface area contributed by atoms with Gasteiger partial charge in [-0.25, -0.2) is 10.4 Å². The molecule has 3 rings (SSSR count). The zero-order valence-corrected chi connectivity index (χ0v) is 14.6. The van der Waals surface area contributed by atoms with Gasteiger partial charge in [0.15, 0.2) is 0 Å². The van der Waals surface area contributed by atoms with Crippen molar-refractivity contribution in [2.75, 3.05) is 0 Å². The van der Waals surface area contributed by atoms with Crippen LogP contribution in [0.25, 0.3) is 10.8 Å². The van der Waals surface area contributed by atoms with Gasteiger partial charge in [0.1, 0.15) is 5.75 Å². The molecule has 0 aliphatic heterocycles. The standard InChI is InChI=1S/C18H15F2N3O2S/c1-11-22-13(10-26-11)8-17(24)23-21-9-15-14-5-3-2-4-12(14)6-7-16(15)25-18(19)20/h2-7,9-10,18H,8H2,1H3,(H,23,24)/b21-9-. The summed E-state index contributed by atoms with van der Waals surface area (Å²) < 4.78 is 29.9. The van der Waals surface area contributed by atoms with Crippen molar-refractivity contribution in [2.45, 2.75) is 20.0 Å². The first-order valence-electron chi connectivity index (χ1n) is 7.72. The van der Waals surface area contributed by atoms with Gasteiger partial charge in [-0.15, -0.1) is 11.3 Å². The molecule has 1 heterocycles. The lowest BCUT2D eigenvalue weighted by atomic mass is 10.0. The fourth-order valence-corrected chi connectivity index (χ4v) is 3.08. The monoisotopic (exact) mass is 375 g/mol. The maximum Gasteiger partial charge on any atom is 0.387 e. The molecule has 2 aromatic carbocycles. The average molecular weight is 375 g/mol. The van der Waals surface area contributed by atoms with Gasteiger partial charge in [0.25, 0.3) is 0 Å². The fourth-order valence-electron chi connectivity index (χ4n) is 2.47. The number of nitrogens with zero attached hydrogens (tertiary/aromatic N) is 2. The first-order valence-corrected chi connectivity index (χ1v) is 8.60. The number of nitrogens with one attached hydrogen (secondary N) is 1. The van der Waals surface area contributed by atoms with E-state index in [1.54, 1.807) is 23.6 Å². The van der Waals surface area contributed by atoms with Crippen molar-refractivity contribution in [1.82, 2.24) is 10.4 Å². The van der Waals surface area contributed by atoms with Crippen molar-refractivity contribution in [3.8, 4) is 5.75 Å². The molecule has 0 saturated carbocycles.